The van der Waals surface area contributed by atoms with Crippen molar-refractivity contribution in [1.82, 2.24) is 10.1 Å². The number of nitrogens with zero attached hydrogens (tertiary/aromatic N) is 4. The summed E-state index contributed by atoms with van der Waals surface area (Å²) >= 11 is 0. The number of hydrogen-bond donors (Lipinski definition) is 1. The van der Waals surface area contributed by atoms with Crippen LogP contribution in [0, 0.1) is 6.92 Å². The van der Waals surface area contributed by atoms with Gasteiger partial charge in [-0.25, -0.2) is 0 Å². The van der Waals surface area contributed by atoms with Crippen LogP contribution in [0.15, 0.2) is 65.7 Å². The van der Waals surface area contributed by atoms with E-state index in [2.05, 4.69) is 71.6 Å². The summed E-state index contributed by atoms with van der Waals surface area (Å²) in [5.41, 5.74) is 9.28. The van der Waals surface area contributed by atoms with Crippen LogP contribution in [0.4, 0.5) is 5.69 Å². The second kappa shape index (κ2) is 9.56. The van der Waals surface area contributed by atoms with Crippen molar-refractivity contribution >= 4 is 23.3 Å². The van der Waals surface area contributed by atoms with Gasteiger partial charge in [0.25, 0.3) is 0 Å². The minimum absolute atomic E-state index is 0.772. The van der Waals surface area contributed by atoms with Crippen LogP contribution >= 0.6 is 0 Å². The number of rotatable bonds is 7. The van der Waals surface area contributed by atoms with Crippen LogP contribution in [0.3, 0.4) is 0 Å². The van der Waals surface area contributed by atoms with Crippen LogP contribution in [-0.2, 0) is 12.8 Å². The number of hydroxylamine groups is 1. The lowest BCUT2D eigenvalue weighted by Crippen LogP contribution is -2.34. The van der Waals surface area contributed by atoms with Crippen molar-refractivity contribution in [3.05, 3.63) is 94.0 Å². The molecule has 0 radical (unpaired) electrons. The molecule has 0 spiro atoms. The quantitative estimate of drug-likeness (QED) is 0.493. The van der Waals surface area contributed by atoms with Gasteiger partial charge in [-0.1, -0.05) is 54.6 Å². The monoisotopic (exact) mass is 468 g/mol. The number of hydrazine groups is 1. The predicted molar refractivity (Wildman–Crippen MR) is 142 cm³/mol. The Hall–Kier alpha value is -3.61. The van der Waals surface area contributed by atoms with E-state index in [1.54, 1.807) is 19.2 Å². The minimum atomic E-state index is 0.772. The third kappa shape index (κ3) is 4.43. The molecule has 2 heterocycles. The fourth-order valence-electron chi connectivity index (χ4n) is 4.97. The van der Waals surface area contributed by atoms with Gasteiger partial charge in [-0.2, -0.15) is 0 Å². The molecule has 0 aromatic heterocycles. The average molecular weight is 469 g/mol. The van der Waals surface area contributed by atoms with Gasteiger partial charge in [-0.15, -0.1) is 5.17 Å². The summed E-state index contributed by atoms with van der Waals surface area (Å²) in [7, 11) is 5.07. The van der Waals surface area contributed by atoms with E-state index >= 15 is 0 Å². The van der Waals surface area contributed by atoms with E-state index in [9.17, 15) is 5.21 Å². The molecule has 2 aliphatic heterocycles. The molecule has 0 aliphatic carbocycles. The average Bonchev–Trinajstić information content (AvgIpc) is 3.37. The molecule has 180 valence electrons. The first-order chi connectivity index (χ1) is 17.0. The third-order valence-electron chi connectivity index (χ3n) is 6.88. The fourth-order valence-corrected chi connectivity index (χ4v) is 4.97. The lowest BCUT2D eigenvalue weighted by Gasteiger charge is -2.29. The Bertz CT molecular complexity index is 1290. The number of aliphatic imine (C=N–C) groups is 1. The third-order valence-corrected chi connectivity index (χ3v) is 6.88. The van der Waals surface area contributed by atoms with Gasteiger partial charge < -0.3 is 9.64 Å². The largest absolute Gasteiger partial charge is 0.494 e. The van der Waals surface area contributed by atoms with Gasteiger partial charge in [0.2, 0.25) is 0 Å². The first-order valence-electron chi connectivity index (χ1n) is 12.0. The first kappa shape index (κ1) is 23.1. The molecule has 0 unspecified atom stereocenters. The SMILES string of the molecule is COc1c(C)cc(CCc2ccc(C3=Cc4ccccc4C4=NCCN34)cc2)cc1N(C)N(C)O. The van der Waals surface area contributed by atoms with Crippen molar-refractivity contribution in [1.29, 1.82) is 0 Å². The molecule has 0 atom stereocenters. The topological polar surface area (TPSA) is 51.5 Å². The summed E-state index contributed by atoms with van der Waals surface area (Å²) in [6.45, 7) is 3.80. The molecular weight excluding hydrogens is 436 g/mol. The van der Waals surface area contributed by atoms with Crippen LogP contribution in [0.5, 0.6) is 5.75 Å². The number of hydrogen-bond acceptors (Lipinski definition) is 6. The molecule has 0 saturated heterocycles. The van der Waals surface area contributed by atoms with E-state index in [0.29, 0.717) is 0 Å². The van der Waals surface area contributed by atoms with E-state index in [-0.39, 0.29) is 0 Å². The zero-order valence-electron chi connectivity index (χ0n) is 20.8. The Morgan fingerprint density at radius 1 is 1.00 bits per heavy atom. The molecule has 3 aromatic carbocycles. The molecule has 6 heteroatoms. The van der Waals surface area contributed by atoms with Crippen molar-refractivity contribution in [2.75, 3.05) is 39.3 Å². The molecular formula is C29H32N4O2. The standard InChI is InChI=1S/C29H32N4O2/c1-20-17-22(18-27(28(20)35-4)31(2)32(3)34)10-9-21-11-13-23(14-12-21)26-19-24-7-5-6-8-25(24)29-30-15-16-33(26)29/h5-8,11-14,17-19,34H,9-10,15-16H2,1-4H3. The van der Waals surface area contributed by atoms with Crippen LogP contribution in [-0.4, -0.2) is 55.4 Å². The molecule has 0 saturated carbocycles. The van der Waals surface area contributed by atoms with Crippen molar-refractivity contribution in [3.63, 3.8) is 0 Å². The molecule has 1 N–H and O–H groups in total. The highest BCUT2D eigenvalue weighted by molar-refractivity contribution is 6.12. The first-order valence-corrected chi connectivity index (χ1v) is 12.0. The number of ether oxygens (including phenoxy) is 1. The highest BCUT2D eigenvalue weighted by atomic mass is 16.5. The van der Waals surface area contributed by atoms with Gasteiger partial charge in [-0.05, 0) is 59.7 Å². The maximum atomic E-state index is 9.92. The van der Waals surface area contributed by atoms with Crippen LogP contribution in [0.1, 0.15) is 33.4 Å². The van der Waals surface area contributed by atoms with E-state index in [1.165, 1.54) is 33.5 Å². The van der Waals surface area contributed by atoms with Gasteiger partial charge in [0.05, 0.1) is 25.0 Å². The molecule has 2 aliphatic rings. The van der Waals surface area contributed by atoms with E-state index < -0.39 is 0 Å². The summed E-state index contributed by atoms with van der Waals surface area (Å²) < 4.78 is 5.59. The number of aryl methyl sites for hydroxylation is 3. The maximum Gasteiger partial charge on any atom is 0.146 e. The van der Waals surface area contributed by atoms with Gasteiger partial charge in [0.1, 0.15) is 11.6 Å². The lowest BCUT2D eigenvalue weighted by molar-refractivity contribution is -0.0716. The zero-order valence-corrected chi connectivity index (χ0v) is 20.8. The van der Waals surface area contributed by atoms with Gasteiger partial charge in [0, 0.05) is 26.2 Å². The molecule has 3 aromatic rings. The van der Waals surface area contributed by atoms with Crippen LogP contribution in [0.2, 0.25) is 0 Å². The molecule has 0 amide bonds. The highest BCUT2D eigenvalue weighted by Gasteiger charge is 2.28. The predicted octanol–water partition coefficient (Wildman–Crippen LogP) is 5.03. The zero-order chi connectivity index (χ0) is 24.5. The molecule has 6 nitrogen and oxygen atoms in total. The van der Waals surface area contributed by atoms with Crippen LogP contribution in [0.25, 0.3) is 11.8 Å². The molecule has 0 bridgehead atoms. The lowest BCUT2D eigenvalue weighted by atomic mass is 9.96. The molecule has 0 fully saturated rings. The van der Waals surface area contributed by atoms with Crippen molar-refractivity contribution in [2.45, 2.75) is 19.8 Å². The number of anilines is 1. The molecule has 5 rings (SSSR count). The number of fused-ring (bicyclic) bond motifs is 3. The summed E-state index contributed by atoms with van der Waals surface area (Å²) in [6, 6.07) is 21.7. The van der Waals surface area contributed by atoms with E-state index in [4.69, 9.17) is 9.73 Å². The van der Waals surface area contributed by atoms with Crippen molar-refractivity contribution in [3.8, 4) is 5.75 Å². The maximum absolute atomic E-state index is 9.92. The minimum Gasteiger partial charge on any atom is -0.494 e. The van der Waals surface area contributed by atoms with E-state index in [1.807, 2.05) is 14.0 Å². The Kier molecular flexibility index (Phi) is 6.32. The summed E-state index contributed by atoms with van der Waals surface area (Å²) in [6.07, 6.45) is 4.12. The Morgan fingerprint density at radius 3 is 2.49 bits per heavy atom. The fraction of sp³-hybridized carbons (Fsp3) is 0.276. The second-order valence-electron chi connectivity index (χ2n) is 9.15. The van der Waals surface area contributed by atoms with Gasteiger partial charge in [0.15, 0.2) is 0 Å². The molecule has 35 heavy (non-hydrogen) atoms. The Balaban J connectivity index is 1.35. The van der Waals surface area contributed by atoms with Crippen molar-refractivity contribution < 1.29 is 9.94 Å². The normalized spacial score (nSPS) is 14.4. The second-order valence-corrected chi connectivity index (χ2v) is 9.15. The van der Waals surface area contributed by atoms with E-state index in [0.717, 1.165) is 53.9 Å². The summed E-state index contributed by atoms with van der Waals surface area (Å²) in [4.78, 5) is 7.12. The van der Waals surface area contributed by atoms with Crippen molar-refractivity contribution in [2.24, 2.45) is 4.99 Å². The number of methoxy groups -OCH3 is 1. The van der Waals surface area contributed by atoms with Crippen LogP contribution < -0.4 is 9.75 Å². The Morgan fingerprint density at radius 2 is 1.74 bits per heavy atom. The number of benzene rings is 3. The van der Waals surface area contributed by atoms with Gasteiger partial charge >= 0.3 is 0 Å². The summed E-state index contributed by atoms with van der Waals surface area (Å²) in [5, 5.41) is 12.7. The highest BCUT2D eigenvalue weighted by Crippen LogP contribution is 2.35. The van der Waals surface area contributed by atoms with Gasteiger partial charge in [-0.3, -0.25) is 15.2 Å². The number of amidine groups is 1. The summed E-state index contributed by atoms with van der Waals surface area (Å²) in [5.74, 6) is 1.86. The Labute approximate surface area is 207 Å². The smallest absolute Gasteiger partial charge is 0.146 e.